The van der Waals surface area contributed by atoms with Gasteiger partial charge in [0.25, 0.3) is 5.69 Å². The van der Waals surface area contributed by atoms with Crippen LogP contribution < -0.4 is 5.32 Å². The van der Waals surface area contributed by atoms with Crippen molar-refractivity contribution in [2.75, 3.05) is 5.32 Å². The van der Waals surface area contributed by atoms with E-state index >= 15 is 0 Å². The number of nitrogens with one attached hydrogen (secondary N) is 1. The molecule has 66 valence electrons. The number of hydrogen-bond acceptors (Lipinski definition) is 4. The molecular weight excluding hydrogens is 170 g/mol. The molecule has 0 bridgehead atoms. The number of nitriles is 1. The first-order valence-electron chi connectivity index (χ1n) is 3.55. The van der Waals surface area contributed by atoms with Crippen molar-refractivity contribution >= 4 is 11.4 Å². The van der Waals surface area contributed by atoms with Crippen molar-refractivity contribution in [2.24, 2.45) is 0 Å². The Morgan fingerprint density at radius 1 is 1.62 bits per heavy atom. The van der Waals surface area contributed by atoms with Crippen LogP contribution in [0.15, 0.2) is 18.2 Å². The average molecular weight is 177 g/mol. The summed E-state index contributed by atoms with van der Waals surface area (Å²) in [4.78, 5) is 9.87. The molecule has 0 aliphatic heterocycles. The number of rotatable bonds is 2. The minimum Gasteiger partial charge on any atom is -0.293 e. The van der Waals surface area contributed by atoms with Crippen molar-refractivity contribution in [3.63, 3.8) is 0 Å². The predicted molar refractivity (Wildman–Crippen MR) is 47.1 cm³/mol. The van der Waals surface area contributed by atoms with E-state index in [2.05, 4.69) is 5.32 Å². The molecule has 0 unspecified atom stereocenters. The average Bonchev–Trinajstić information content (AvgIpc) is 2.08. The van der Waals surface area contributed by atoms with Gasteiger partial charge in [-0.1, -0.05) is 0 Å². The zero-order valence-electron chi connectivity index (χ0n) is 6.94. The Kier molecular flexibility index (Phi) is 2.45. The van der Waals surface area contributed by atoms with E-state index in [0.29, 0.717) is 11.3 Å². The maximum absolute atomic E-state index is 10.3. The molecule has 1 rings (SSSR count). The van der Waals surface area contributed by atoms with E-state index in [-0.39, 0.29) is 5.69 Å². The van der Waals surface area contributed by atoms with E-state index in [0.717, 1.165) is 0 Å². The molecule has 0 spiro atoms. The summed E-state index contributed by atoms with van der Waals surface area (Å²) in [6.45, 7) is 1.70. The second-order valence-electron chi connectivity index (χ2n) is 2.49. The van der Waals surface area contributed by atoms with Crippen molar-refractivity contribution in [1.29, 1.82) is 5.26 Å². The van der Waals surface area contributed by atoms with Gasteiger partial charge in [0.05, 0.1) is 10.6 Å². The fraction of sp³-hybridized carbons (Fsp3) is 0.125. The molecule has 1 N–H and O–H groups in total. The summed E-state index contributed by atoms with van der Waals surface area (Å²) in [7, 11) is 0. The zero-order chi connectivity index (χ0) is 9.84. The molecule has 0 heterocycles. The number of nitro benzene ring substituents is 1. The molecule has 5 nitrogen and oxygen atoms in total. The van der Waals surface area contributed by atoms with Gasteiger partial charge in [-0.2, -0.15) is 5.26 Å². The van der Waals surface area contributed by atoms with Crippen LogP contribution in [-0.4, -0.2) is 4.92 Å². The zero-order valence-corrected chi connectivity index (χ0v) is 6.94. The molecular formula is C8H7N3O2. The third-order valence-electron chi connectivity index (χ3n) is 1.61. The Bertz CT molecular complexity index is 381. The van der Waals surface area contributed by atoms with Crippen LogP contribution in [0.4, 0.5) is 11.4 Å². The van der Waals surface area contributed by atoms with Crippen molar-refractivity contribution in [2.45, 2.75) is 6.92 Å². The van der Waals surface area contributed by atoms with E-state index in [4.69, 9.17) is 5.26 Å². The third kappa shape index (κ3) is 1.93. The molecule has 0 aromatic heterocycles. The number of aryl methyl sites for hydroxylation is 1. The molecule has 0 aliphatic carbocycles. The number of nitrogens with zero attached hydrogens (tertiary/aromatic N) is 2. The largest absolute Gasteiger partial charge is 0.293 e. The van der Waals surface area contributed by atoms with E-state index in [1.54, 1.807) is 13.1 Å². The molecule has 0 amide bonds. The highest BCUT2D eigenvalue weighted by Gasteiger charge is 2.06. The lowest BCUT2D eigenvalue weighted by Crippen LogP contribution is -1.93. The topological polar surface area (TPSA) is 79.0 Å². The number of non-ortho nitro benzene ring substituents is 1. The van der Waals surface area contributed by atoms with E-state index < -0.39 is 4.92 Å². The summed E-state index contributed by atoms with van der Waals surface area (Å²) in [5, 5.41) is 21.1. The van der Waals surface area contributed by atoms with Crippen LogP contribution in [0.3, 0.4) is 0 Å². The monoisotopic (exact) mass is 177 g/mol. The molecule has 0 atom stereocenters. The quantitative estimate of drug-likeness (QED) is 0.323. The van der Waals surface area contributed by atoms with Crippen LogP contribution in [0.1, 0.15) is 5.56 Å². The number of anilines is 1. The van der Waals surface area contributed by atoms with Gasteiger partial charge in [0.1, 0.15) is 0 Å². The molecule has 0 radical (unpaired) electrons. The maximum atomic E-state index is 10.3. The number of hydrogen-bond donors (Lipinski definition) is 1. The number of benzene rings is 1. The van der Waals surface area contributed by atoms with Gasteiger partial charge in [-0.3, -0.25) is 15.4 Å². The highest BCUT2D eigenvalue weighted by Crippen LogP contribution is 2.20. The SMILES string of the molecule is Cc1cc([N+](=O)[O-])ccc1NC#N. The fourth-order valence-electron chi connectivity index (χ4n) is 0.962. The van der Waals surface area contributed by atoms with Gasteiger partial charge in [0.2, 0.25) is 0 Å². The van der Waals surface area contributed by atoms with Gasteiger partial charge in [-0.05, 0) is 18.6 Å². The molecule has 5 heteroatoms. The smallest absolute Gasteiger partial charge is 0.269 e. The summed E-state index contributed by atoms with van der Waals surface area (Å²) in [5.74, 6) is 0. The Balaban J connectivity index is 3.07. The lowest BCUT2D eigenvalue weighted by molar-refractivity contribution is -0.384. The van der Waals surface area contributed by atoms with Gasteiger partial charge in [-0.25, -0.2) is 0 Å². The van der Waals surface area contributed by atoms with Crippen molar-refractivity contribution in [1.82, 2.24) is 0 Å². The summed E-state index contributed by atoms with van der Waals surface area (Å²) in [6.07, 6.45) is 1.75. The van der Waals surface area contributed by atoms with Crippen molar-refractivity contribution < 1.29 is 4.92 Å². The van der Waals surface area contributed by atoms with Crippen molar-refractivity contribution in [3.05, 3.63) is 33.9 Å². The van der Waals surface area contributed by atoms with E-state index in [1.807, 2.05) is 0 Å². The predicted octanol–water partition coefficient (Wildman–Crippen LogP) is 1.80. The van der Waals surface area contributed by atoms with Crippen LogP contribution in [0.25, 0.3) is 0 Å². The third-order valence-corrected chi connectivity index (χ3v) is 1.61. The molecule has 1 aromatic carbocycles. The molecule has 13 heavy (non-hydrogen) atoms. The van der Waals surface area contributed by atoms with Crippen molar-refractivity contribution in [3.8, 4) is 6.19 Å². The standard InChI is InChI=1S/C8H7N3O2/c1-6-4-7(11(12)13)2-3-8(6)10-5-9/h2-4,10H,1H3. The first-order valence-corrected chi connectivity index (χ1v) is 3.55. The first-order chi connectivity index (χ1) is 6.15. The van der Waals surface area contributed by atoms with Crippen LogP contribution >= 0.6 is 0 Å². The van der Waals surface area contributed by atoms with Gasteiger partial charge in [0, 0.05) is 12.1 Å². The summed E-state index contributed by atoms with van der Waals surface area (Å²) in [6, 6.07) is 4.28. The molecule has 0 saturated heterocycles. The Labute approximate surface area is 74.8 Å². The minimum atomic E-state index is -0.469. The van der Waals surface area contributed by atoms with Crippen LogP contribution in [-0.2, 0) is 0 Å². The maximum Gasteiger partial charge on any atom is 0.269 e. The molecule has 0 saturated carbocycles. The van der Waals surface area contributed by atoms with Crippen LogP contribution in [0.2, 0.25) is 0 Å². The summed E-state index contributed by atoms with van der Waals surface area (Å²) in [5.41, 5.74) is 1.30. The van der Waals surface area contributed by atoms with Gasteiger partial charge in [-0.15, -0.1) is 0 Å². The van der Waals surface area contributed by atoms with Crippen LogP contribution in [0.5, 0.6) is 0 Å². The highest BCUT2D eigenvalue weighted by molar-refractivity contribution is 5.57. The Hall–Kier alpha value is -2.09. The normalized spacial score (nSPS) is 8.92. The fourth-order valence-corrected chi connectivity index (χ4v) is 0.962. The molecule has 0 aliphatic rings. The Morgan fingerprint density at radius 2 is 2.31 bits per heavy atom. The lowest BCUT2D eigenvalue weighted by atomic mass is 10.2. The minimum absolute atomic E-state index is 0.0287. The van der Waals surface area contributed by atoms with E-state index in [1.165, 1.54) is 18.2 Å². The van der Waals surface area contributed by atoms with Gasteiger partial charge >= 0.3 is 0 Å². The first kappa shape index (κ1) is 9.00. The number of nitro groups is 1. The lowest BCUT2D eigenvalue weighted by Gasteiger charge is -2.01. The highest BCUT2D eigenvalue weighted by atomic mass is 16.6. The van der Waals surface area contributed by atoms with Gasteiger partial charge in [0.15, 0.2) is 6.19 Å². The summed E-state index contributed by atoms with van der Waals surface area (Å²) < 4.78 is 0. The van der Waals surface area contributed by atoms with E-state index in [9.17, 15) is 10.1 Å². The summed E-state index contributed by atoms with van der Waals surface area (Å²) >= 11 is 0. The molecule has 0 fully saturated rings. The second-order valence-corrected chi connectivity index (χ2v) is 2.49. The van der Waals surface area contributed by atoms with Crippen LogP contribution in [0, 0.1) is 28.5 Å². The molecule has 1 aromatic rings. The Morgan fingerprint density at radius 3 is 2.77 bits per heavy atom. The van der Waals surface area contributed by atoms with Gasteiger partial charge < -0.3 is 0 Å². The second kappa shape index (κ2) is 3.54.